The second kappa shape index (κ2) is 2.86. The Morgan fingerprint density at radius 3 is 2.64 bits per heavy atom. The monoisotopic (exact) mass is 161 g/mol. The Morgan fingerprint density at radius 1 is 1.55 bits per heavy atom. The van der Waals surface area contributed by atoms with E-state index in [0.717, 1.165) is 0 Å². The Labute approximate surface area is 63.2 Å². The first-order valence-corrected chi connectivity index (χ1v) is 3.25. The van der Waals surface area contributed by atoms with E-state index in [-0.39, 0.29) is 0 Å². The molecule has 5 heteroatoms. The SMILES string of the molecule is CC1O[C@H]([O-])C(O)C(O)C1=O. The van der Waals surface area contributed by atoms with E-state index in [1.807, 2.05) is 0 Å². The zero-order valence-corrected chi connectivity index (χ0v) is 5.93. The molecule has 1 aliphatic heterocycles. The van der Waals surface area contributed by atoms with Crippen LogP contribution in [0.3, 0.4) is 0 Å². The number of hydrogen-bond donors (Lipinski definition) is 2. The summed E-state index contributed by atoms with van der Waals surface area (Å²) >= 11 is 0. The molecule has 5 nitrogen and oxygen atoms in total. The van der Waals surface area contributed by atoms with Crippen LogP contribution in [0.2, 0.25) is 0 Å². The van der Waals surface area contributed by atoms with Crippen LogP contribution in [-0.4, -0.2) is 40.6 Å². The van der Waals surface area contributed by atoms with Crippen molar-refractivity contribution in [1.29, 1.82) is 0 Å². The van der Waals surface area contributed by atoms with E-state index in [2.05, 4.69) is 4.74 Å². The first-order valence-electron chi connectivity index (χ1n) is 3.25. The van der Waals surface area contributed by atoms with Crippen LogP contribution in [0.5, 0.6) is 0 Å². The zero-order chi connectivity index (χ0) is 8.59. The third-order valence-electron chi connectivity index (χ3n) is 1.63. The maximum atomic E-state index is 10.8. The highest BCUT2D eigenvalue weighted by atomic mass is 16.6. The van der Waals surface area contributed by atoms with E-state index in [1.165, 1.54) is 6.92 Å². The summed E-state index contributed by atoms with van der Waals surface area (Å²) in [5.41, 5.74) is 0. The summed E-state index contributed by atoms with van der Waals surface area (Å²) in [5, 5.41) is 28.4. The Balaban J connectivity index is 2.70. The van der Waals surface area contributed by atoms with Crippen LogP contribution in [0.1, 0.15) is 6.92 Å². The van der Waals surface area contributed by atoms with Gasteiger partial charge in [0.2, 0.25) is 0 Å². The normalized spacial score (nSPS) is 46.0. The second-order valence-corrected chi connectivity index (χ2v) is 2.48. The molecule has 2 N–H and O–H groups in total. The first kappa shape index (κ1) is 8.61. The van der Waals surface area contributed by atoms with Gasteiger partial charge < -0.3 is 20.1 Å². The standard InChI is InChI=1S/C6H9O5/c1-2-3(7)4(8)5(9)6(10)11-2/h2,4-6,8-9H,1H3/q-1/t2?,4?,5?,6-/m0/s1. The molecule has 1 saturated heterocycles. The summed E-state index contributed by atoms with van der Waals surface area (Å²) < 4.78 is 4.47. The van der Waals surface area contributed by atoms with Crippen LogP contribution in [0.15, 0.2) is 0 Å². The molecular formula is C6H9O5-. The van der Waals surface area contributed by atoms with Gasteiger partial charge in [-0.3, -0.25) is 4.79 Å². The lowest BCUT2D eigenvalue weighted by Gasteiger charge is -2.38. The van der Waals surface area contributed by atoms with Gasteiger partial charge in [-0.05, 0) is 6.92 Å². The molecule has 1 fully saturated rings. The summed E-state index contributed by atoms with van der Waals surface area (Å²) in [6.07, 6.45) is -5.88. The molecule has 11 heavy (non-hydrogen) atoms. The molecule has 1 heterocycles. The molecule has 0 aliphatic carbocycles. The van der Waals surface area contributed by atoms with E-state index in [0.29, 0.717) is 0 Å². The molecule has 0 radical (unpaired) electrons. The summed E-state index contributed by atoms with van der Waals surface area (Å²) in [5.74, 6) is -0.649. The van der Waals surface area contributed by atoms with Crippen molar-refractivity contribution in [2.45, 2.75) is 31.5 Å². The quantitative estimate of drug-likeness (QED) is 0.406. The second-order valence-electron chi connectivity index (χ2n) is 2.48. The highest BCUT2D eigenvalue weighted by molar-refractivity contribution is 5.88. The number of aliphatic hydroxyl groups excluding tert-OH is 2. The summed E-state index contributed by atoms with van der Waals surface area (Å²) in [6, 6.07) is 0. The van der Waals surface area contributed by atoms with Crippen molar-refractivity contribution in [3.05, 3.63) is 0 Å². The first-order chi connectivity index (χ1) is 5.04. The van der Waals surface area contributed by atoms with Crippen LogP contribution >= 0.6 is 0 Å². The van der Waals surface area contributed by atoms with Crippen LogP contribution in [0.4, 0.5) is 0 Å². The van der Waals surface area contributed by atoms with Gasteiger partial charge in [-0.2, -0.15) is 0 Å². The summed E-state index contributed by atoms with van der Waals surface area (Å²) in [6.45, 7) is 1.36. The minimum atomic E-state index is -1.72. The maximum Gasteiger partial charge on any atom is 0.192 e. The van der Waals surface area contributed by atoms with Crippen LogP contribution in [0.25, 0.3) is 0 Å². The minimum Gasteiger partial charge on any atom is -0.829 e. The molecule has 0 aromatic heterocycles. The van der Waals surface area contributed by atoms with Gasteiger partial charge >= 0.3 is 0 Å². The van der Waals surface area contributed by atoms with Gasteiger partial charge in [0.15, 0.2) is 5.78 Å². The Morgan fingerprint density at radius 2 is 2.09 bits per heavy atom. The van der Waals surface area contributed by atoms with Gasteiger partial charge in [-0.25, -0.2) is 0 Å². The van der Waals surface area contributed by atoms with Crippen molar-refractivity contribution in [1.82, 2.24) is 0 Å². The number of rotatable bonds is 0. The number of ether oxygens (including phenoxy) is 1. The minimum absolute atomic E-state index is 0.649. The number of carbonyl (C=O) groups excluding carboxylic acids is 1. The maximum absolute atomic E-state index is 10.8. The summed E-state index contributed by atoms with van der Waals surface area (Å²) in [7, 11) is 0. The zero-order valence-electron chi connectivity index (χ0n) is 5.93. The molecule has 1 rings (SSSR count). The van der Waals surface area contributed by atoms with Gasteiger partial charge in [0.25, 0.3) is 0 Å². The molecule has 64 valence electrons. The highest BCUT2D eigenvalue weighted by Gasteiger charge is 2.36. The molecule has 0 amide bonds. The molecular weight excluding hydrogens is 152 g/mol. The Hall–Kier alpha value is -0.490. The van der Waals surface area contributed by atoms with Crippen molar-refractivity contribution >= 4 is 5.78 Å². The van der Waals surface area contributed by atoms with Crippen LogP contribution in [-0.2, 0) is 9.53 Å². The Kier molecular flexibility index (Phi) is 2.24. The van der Waals surface area contributed by atoms with Gasteiger partial charge in [0, 0.05) is 6.29 Å². The number of hydrogen-bond acceptors (Lipinski definition) is 5. The predicted molar refractivity (Wildman–Crippen MR) is 31.4 cm³/mol. The molecule has 0 aromatic carbocycles. The van der Waals surface area contributed by atoms with E-state index < -0.39 is 30.4 Å². The molecule has 3 unspecified atom stereocenters. The van der Waals surface area contributed by atoms with Crippen molar-refractivity contribution < 1.29 is 24.9 Å². The lowest BCUT2D eigenvalue weighted by molar-refractivity contribution is -0.519. The van der Waals surface area contributed by atoms with Crippen molar-refractivity contribution in [3.8, 4) is 0 Å². The smallest absolute Gasteiger partial charge is 0.192 e. The van der Waals surface area contributed by atoms with E-state index in [9.17, 15) is 9.90 Å². The van der Waals surface area contributed by atoms with Crippen molar-refractivity contribution in [3.63, 3.8) is 0 Å². The number of carbonyl (C=O) groups is 1. The van der Waals surface area contributed by atoms with Gasteiger partial charge in [0.1, 0.15) is 12.2 Å². The Bertz CT molecular complexity index is 168. The summed E-state index contributed by atoms with van der Waals surface area (Å²) in [4.78, 5) is 10.8. The fraction of sp³-hybridized carbons (Fsp3) is 0.833. The largest absolute Gasteiger partial charge is 0.829 e. The number of ketones is 1. The van der Waals surface area contributed by atoms with Crippen molar-refractivity contribution in [2.75, 3.05) is 0 Å². The molecule has 0 aromatic rings. The fourth-order valence-corrected chi connectivity index (χ4v) is 0.906. The third-order valence-corrected chi connectivity index (χ3v) is 1.63. The van der Waals surface area contributed by atoms with E-state index in [4.69, 9.17) is 10.2 Å². The van der Waals surface area contributed by atoms with Gasteiger partial charge in [0.05, 0.1) is 6.10 Å². The van der Waals surface area contributed by atoms with E-state index >= 15 is 0 Å². The van der Waals surface area contributed by atoms with E-state index in [1.54, 1.807) is 0 Å². The van der Waals surface area contributed by atoms with Gasteiger partial charge in [-0.1, -0.05) is 0 Å². The van der Waals surface area contributed by atoms with Crippen molar-refractivity contribution in [2.24, 2.45) is 0 Å². The fourth-order valence-electron chi connectivity index (χ4n) is 0.906. The topological polar surface area (TPSA) is 89.8 Å². The van der Waals surface area contributed by atoms with Gasteiger partial charge in [-0.15, -0.1) is 0 Å². The number of aliphatic hydroxyl groups is 2. The molecule has 4 atom stereocenters. The average molecular weight is 161 g/mol. The third kappa shape index (κ3) is 1.41. The molecule has 0 bridgehead atoms. The highest BCUT2D eigenvalue weighted by Crippen LogP contribution is 2.13. The average Bonchev–Trinajstić information content (AvgIpc) is 1.97. The van der Waals surface area contributed by atoms with Crippen LogP contribution < -0.4 is 5.11 Å². The molecule has 0 saturated carbocycles. The van der Waals surface area contributed by atoms with Crippen LogP contribution in [0, 0.1) is 0 Å². The predicted octanol–water partition coefficient (Wildman–Crippen LogP) is -2.62. The lowest BCUT2D eigenvalue weighted by atomic mass is 10.0. The molecule has 0 spiro atoms. The molecule has 1 aliphatic rings. The number of Topliss-reactive ketones (excluding diaryl/α,β-unsaturated/α-hetero) is 1. The lowest BCUT2D eigenvalue weighted by Crippen LogP contribution is -2.58.